The predicted molar refractivity (Wildman–Crippen MR) is 124 cm³/mol. The lowest BCUT2D eigenvalue weighted by Crippen LogP contribution is -2.05. The van der Waals surface area contributed by atoms with Gasteiger partial charge in [0, 0.05) is 31.1 Å². The molecule has 0 spiro atoms. The van der Waals surface area contributed by atoms with Gasteiger partial charge >= 0.3 is 0 Å². The molecule has 4 rings (SSSR count). The molecule has 3 N–H and O–H groups in total. The third-order valence-corrected chi connectivity index (χ3v) is 4.95. The van der Waals surface area contributed by atoms with Gasteiger partial charge in [-0.1, -0.05) is 6.07 Å². The number of nitrogens with zero attached hydrogens (tertiary/aromatic N) is 5. The molecule has 0 radical (unpaired) electrons. The summed E-state index contributed by atoms with van der Waals surface area (Å²) >= 11 is 0. The molecule has 4 aromatic rings. The van der Waals surface area contributed by atoms with Crippen molar-refractivity contribution in [1.29, 1.82) is 0 Å². The first-order valence-electron chi connectivity index (χ1n) is 10.4. The highest BCUT2D eigenvalue weighted by molar-refractivity contribution is 5.78. The molecule has 35 heavy (non-hydrogen) atoms. The Morgan fingerprint density at radius 3 is 2.29 bits per heavy atom. The van der Waals surface area contributed by atoms with Gasteiger partial charge in [-0.15, -0.1) is 0 Å². The van der Waals surface area contributed by atoms with Gasteiger partial charge in [0.25, 0.3) is 0 Å². The zero-order chi connectivity index (χ0) is 24.8. The summed E-state index contributed by atoms with van der Waals surface area (Å²) in [6.45, 7) is 0.0373. The van der Waals surface area contributed by atoms with E-state index in [-0.39, 0.29) is 23.9 Å². The zero-order valence-electron chi connectivity index (χ0n) is 18.8. The molecule has 12 heteroatoms. The minimum absolute atomic E-state index is 0.0373. The second-order valence-electron chi connectivity index (χ2n) is 7.13. The summed E-state index contributed by atoms with van der Waals surface area (Å²) in [5, 5.41) is 14.8. The van der Waals surface area contributed by atoms with Crippen molar-refractivity contribution in [3.63, 3.8) is 0 Å². The minimum atomic E-state index is -0.948. The molecule has 0 unspecified atom stereocenters. The minimum Gasteiger partial charge on any atom is -0.493 e. The summed E-state index contributed by atoms with van der Waals surface area (Å²) < 4.78 is 39.7. The summed E-state index contributed by atoms with van der Waals surface area (Å²) in [6.07, 6.45) is 6.17. The van der Waals surface area contributed by atoms with E-state index in [1.807, 2.05) is 6.07 Å². The molecule has 1 aromatic carbocycles. The molecule has 0 aliphatic rings. The third kappa shape index (κ3) is 5.22. The smallest absolute Gasteiger partial charge is 0.191 e. The fourth-order valence-electron chi connectivity index (χ4n) is 3.21. The van der Waals surface area contributed by atoms with Crippen LogP contribution in [-0.2, 0) is 6.42 Å². The topological polar surface area (TPSA) is 127 Å². The molecule has 0 aliphatic carbocycles. The molecule has 0 amide bonds. The molecule has 0 saturated heterocycles. The second kappa shape index (κ2) is 10.7. The van der Waals surface area contributed by atoms with Gasteiger partial charge in [0.1, 0.15) is 35.8 Å². The van der Waals surface area contributed by atoms with Crippen LogP contribution in [0.1, 0.15) is 5.56 Å². The Hall–Kier alpha value is -4.45. The van der Waals surface area contributed by atoms with E-state index in [1.54, 1.807) is 18.3 Å². The van der Waals surface area contributed by atoms with Gasteiger partial charge < -0.3 is 25.2 Å². The molecule has 180 valence electrons. The van der Waals surface area contributed by atoms with E-state index in [0.717, 1.165) is 11.6 Å². The van der Waals surface area contributed by atoms with Gasteiger partial charge in [-0.3, -0.25) is 0 Å². The monoisotopic (exact) mass is 481 g/mol. The first-order chi connectivity index (χ1) is 17.0. The van der Waals surface area contributed by atoms with Crippen molar-refractivity contribution in [2.24, 2.45) is 0 Å². The highest BCUT2D eigenvalue weighted by atomic mass is 19.1. The molecule has 3 heterocycles. The number of benzene rings is 1. The van der Waals surface area contributed by atoms with Crippen LogP contribution in [0.5, 0.6) is 11.5 Å². The lowest BCUT2D eigenvalue weighted by molar-refractivity contribution is 0.299. The van der Waals surface area contributed by atoms with Crippen molar-refractivity contribution in [2.75, 3.05) is 31.5 Å². The summed E-state index contributed by atoms with van der Waals surface area (Å²) in [6, 6.07) is 6.33. The van der Waals surface area contributed by atoms with Crippen molar-refractivity contribution in [3.8, 4) is 22.8 Å². The number of aliphatic hydroxyl groups is 1. The average molecular weight is 481 g/mol. The second-order valence-corrected chi connectivity index (χ2v) is 7.13. The maximum absolute atomic E-state index is 14.9. The Morgan fingerprint density at radius 2 is 1.63 bits per heavy atom. The van der Waals surface area contributed by atoms with Crippen molar-refractivity contribution in [1.82, 2.24) is 24.9 Å². The zero-order valence-corrected chi connectivity index (χ0v) is 18.8. The number of rotatable bonds is 9. The largest absolute Gasteiger partial charge is 0.493 e. The van der Waals surface area contributed by atoms with Crippen molar-refractivity contribution in [3.05, 3.63) is 66.5 Å². The van der Waals surface area contributed by atoms with Crippen molar-refractivity contribution in [2.45, 2.75) is 6.42 Å². The fraction of sp³-hybridized carbons (Fsp3) is 0.174. The van der Waals surface area contributed by atoms with E-state index in [4.69, 9.17) is 14.6 Å². The summed E-state index contributed by atoms with van der Waals surface area (Å²) in [7, 11) is 2.53. The SMILES string of the molecule is COc1cc(OC)c(F)c(Nc2ncncc2-c2cc(Nc3ccc(CCO)cn3)ncn2)c1F. The van der Waals surface area contributed by atoms with Gasteiger partial charge in [-0.25, -0.2) is 33.7 Å². The summed E-state index contributed by atoms with van der Waals surface area (Å²) in [4.78, 5) is 20.9. The Labute approximate surface area is 199 Å². The lowest BCUT2D eigenvalue weighted by Gasteiger charge is -2.15. The maximum Gasteiger partial charge on any atom is 0.191 e. The fourth-order valence-corrected chi connectivity index (χ4v) is 3.21. The number of hydrogen-bond acceptors (Lipinski definition) is 10. The highest BCUT2D eigenvalue weighted by Gasteiger charge is 2.22. The van der Waals surface area contributed by atoms with Crippen LogP contribution in [0, 0.1) is 11.6 Å². The van der Waals surface area contributed by atoms with Crippen LogP contribution >= 0.6 is 0 Å². The van der Waals surface area contributed by atoms with Gasteiger partial charge in [-0.05, 0) is 18.1 Å². The predicted octanol–water partition coefficient (Wildman–Crippen LogP) is 3.65. The Kier molecular flexibility index (Phi) is 7.21. The van der Waals surface area contributed by atoms with Gasteiger partial charge in [-0.2, -0.15) is 0 Å². The third-order valence-electron chi connectivity index (χ3n) is 4.95. The normalized spacial score (nSPS) is 10.7. The molecule has 0 bridgehead atoms. The van der Waals surface area contributed by atoms with Crippen LogP contribution in [0.15, 0.2) is 49.3 Å². The molecule has 0 fully saturated rings. The number of methoxy groups -OCH3 is 2. The number of hydrogen-bond donors (Lipinski definition) is 3. The van der Waals surface area contributed by atoms with E-state index in [9.17, 15) is 8.78 Å². The highest BCUT2D eigenvalue weighted by Crippen LogP contribution is 2.37. The van der Waals surface area contributed by atoms with Crippen molar-refractivity contribution < 1.29 is 23.4 Å². The lowest BCUT2D eigenvalue weighted by atomic mass is 10.2. The molecule has 0 atom stereocenters. The van der Waals surface area contributed by atoms with Crippen LogP contribution in [-0.4, -0.2) is 50.9 Å². The quantitative estimate of drug-likeness (QED) is 0.326. The number of ether oxygens (including phenoxy) is 2. The summed E-state index contributed by atoms with van der Waals surface area (Å²) in [5.41, 5.74) is 1.15. The number of aromatic nitrogens is 5. The molecule has 0 aliphatic heterocycles. The molecular formula is C23H21F2N7O3. The standard InChI is InChI=1S/C23H21F2N7O3/c1-34-16-8-17(35-2)21(25)22(20(16)24)32-23-14(10-26-11-30-23)15-7-19(29-12-28-15)31-18-4-3-13(5-6-33)9-27-18/h3-4,7-12,33H,5-6H2,1-2H3,(H,26,30,32)(H,27,28,29,31). The van der Waals surface area contributed by atoms with E-state index in [2.05, 4.69) is 35.6 Å². The number of anilines is 4. The Balaban J connectivity index is 1.65. The molecular weight excluding hydrogens is 460 g/mol. The number of aliphatic hydroxyl groups excluding tert-OH is 1. The molecule has 3 aromatic heterocycles. The van der Waals surface area contributed by atoms with Crippen LogP contribution in [0.4, 0.5) is 31.9 Å². The Morgan fingerprint density at radius 1 is 0.857 bits per heavy atom. The van der Waals surface area contributed by atoms with Gasteiger partial charge in [0.15, 0.2) is 23.1 Å². The van der Waals surface area contributed by atoms with E-state index in [0.29, 0.717) is 29.3 Å². The van der Waals surface area contributed by atoms with Crippen molar-refractivity contribution >= 4 is 23.1 Å². The first-order valence-corrected chi connectivity index (χ1v) is 10.4. The number of halogens is 2. The number of pyridine rings is 1. The van der Waals surface area contributed by atoms with Crippen LogP contribution < -0.4 is 20.1 Å². The average Bonchev–Trinajstić information content (AvgIpc) is 2.88. The summed E-state index contributed by atoms with van der Waals surface area (Å²) in [5.74, 6) is -1.24. The van der Waals surface area contributed by atoms with Gasteiger partial charge in [0.2, 0.25) is 0 Å². The molecule has 0 saturated carbocycles. The number of nitrogens with one attached hydrogen (secondary N) is 2. The maximum atomic E-state index is 14.9. The van der Waals surface area contributed by atoms with Gasteiger partial charge in [0.05, 0.1) is 25.5 Å². The van der Waals surface area contributed by atoms with E-state index < -0.39 is 17.3 Å². The van der Waals surface area contributed by atoms with Crippen LogP contribution in [0.25, 0.3) is 11.3 Å². The first kappa shape index (κ1) is 23.7. The Bertz CT molecular complexity index is 1300. The van der Waals surface area contributed by atoms with Crippen LogP contribution in [0.2, 0.25) is 0 Å². The van der Waals surface area contributed by atoms with Crippen LogP contribution in [0.3, 0.4) is 0 Å². The van der Waals surface area contributed by atoms with E-state index in [1.165, 1.54) is 33.1 Å². The van der Waals surface area contributed by atoms with E-state index >= 15 is 0 Å². The molecule has 10 nitrogen and oxygen atoms in total.